The van der Waals surface area contributed by atoms with E-state index in [4.69, 9.17) is 0 Å². The molecule has 2 aromatic rings. The van der Waals surface area contributed by atoms with Crippen LogP contribution in [0.3, 0.4) is 0 Å². The molecule has 2 N–H and O–H groups in total. The second-order valence-electron chi connectivity index (χ2n) is 8.25. The van der Waals surface area contributed by atoms with Gasteiger partial charge in [-0.1, -0.05) is 36.4 Å². The molecule has 31 heavy (non-hydrogen) atoms. The molecule has 2 fully saturated rings. The van der Waals surface area contributed by atoms with Gasteiger partial charge in [-0.3, -0.25) is 14.9 Å². The van der Waals surface area contributed by atoms with Gasteiger partial charge in [0.25, 0.3) is 11.7 Å². The van der Waals surface area contributed by atoms with Gasteiger partial charge >= 0.3 is 0 Å². The summed E-state index contributed by atoms with van der Waals surface area (Å²) in [6, 6.07) is 12.3. The number of nitrogens with zero attached hydrogens (tertiary/aromatic N) is 2. The number of benzene rings is 1. The van der Waals surface area contributed by atoms with Crippen LogP contribution in [0.15, 0.2) is 54.7 Å². The number of rotatable bonds is 6. The molecule has 0 bridgehead atoms. The summed E-state index contributed by atoms with van der Waals surface area (Å²) in [5.41, 5.74) is 0.750. The van der Waals surface area contributed by atoms with Gasteiger partial charge in [0.1, 0.15) is 11.4 Å². The fraction of sp³-hybridized carbons (Fsp3) is 0.364. The molecule has 9 heteroatoms. The van der Waals surface area contributed by atoms with Gasteiger partial charge < -0.3 is 20.1 Å². The molecule has 0 saturated carbocycles. The number of hydrogen-bond donors (Lipinski definition) is 2. The molecule has 1 aromatic carbocycles. The molecule has 162 valence electrons. The monoisotopic (exact) mass is 440 g/mol. The van der Waals surface area contributed by atoms with Crippen LogP contribution in [-0.2, 0) is 21.4 Å². The number of carbonyl (C=O) groups excluding carboxylic acids is 3. The van der Waals surface area contributed by atoms with Gasteiger partial charge in [0.2, 0.25) is 5.91 Å². The molecule has 0 spiro atoms. The molecular weight excluding hydrogens is 416 g/mol. The third-order valence-electron chi connectivity index (χ3n) is 5.70. The molecule has 3 unspecified atom stereocenters. The van der Waals surface area contributed by atoms with Crippen molar-refractivity contribution in [3.8, 4) is 0 Å². The molecule has 2 saturated heterocycles. The van der Waals surface area contributed by atoms with E-state index in [0.29, 0.717) is 0 Å². The van der Waals surface area contributed by atoms with Crippen molar-refractivity contribution in [3.63, 3.8) is 0 Å². The van der Waals surface area contributed by atoms with Gasteiger partial charge in [-0.2, -0.15) is 0 Å². The highest BCUT2D eigenvalue weighted by molar-refractivity contribution is 8.01. The van der Waals surface area contributed by atoms with E-state index in [1.807, 2.05) is 66.3 Å². The Bertz CT molecular complexity index is 1030. The molecule has 1 aromatic heterocycles. The largest absolute Gasteiger partial charge is 0.548 e. The number of carboxylic acid groups (broad SMARTS) is 1. The number of carbonyl (C=O) groups is 3. The van der Waals surface area contributed by atoms with E-state index < -0.39 is 40.1 Å². The molecule has 8 nitrogen and oxygen atoms in total. The maximum absolute atomic E-state index is 13.3. The average molecular weight is 441 g/mol. The first-order chi connectivity index (χ1) is 14.7. The van der Waals surface area contributed by atoms with E-state index in [-0.39, 0.29) is 5.91 Å². The van der Waals surface area contributed by atoms with Crippen molar-refractivity contribution < 1.29 is 24.1 Å². The van der Waals surface area contributed by atoms with Crippen molar-refractivity contribution in [1.29, 1.82) is 0 Å². The van der Waals surface area contributed by atoms with E-state index in [9.17, 15) is 19.5 Å². The van der Waals surface area contributed by atoms with Crippen molar-refractivity contribution in [2.45, 2.75) is 42.1 Å². The first kappa shape index (κ1) is 21.2. The van der Waals surface area contributed by atoms with Crippen molar-refractivity contribution in [2.24, 2.45) is 7.05 Å². The van der Waals surface area contributed by atoms with Crippen LogP contribution in [0.4, 0.5) is 5.82 Å². The number of aryl methyl sites for hydroxylation is 1. The molecule has 2 amide bonds. The van der Waals surface area contributed by atoms with Crippen molar-refractivity contribution in [1.82, 2.24) is 10.2 Å². The number of nitrogens with one attached hydrogen (secondary N) is 2. The lowest BCUT2D eigenvalue weighted by Crippen LogP contribution is -2.72. The Balaban J connectivity index is 1.56. The summed E-state index contributed by atoms with van der Waals surface area (Å²) in [4.78, 5) is 38.9. The first-order valence-corrected chi connectivity index (χ1v) is 10.9. The Kier molecular flexibility index (Phi) is 5.38. The van der Waals surface area contributed by atoms with E-state index in [1.54, 1.807) is 13.8 Å². The van der Waals surface area contributed by atoms with Gasteiger partial charge in [-0.05, 0) is 19.9 Å². The number of aromatic nitrogens is 1. The molecule has 2 aliphatic heterocycles. The van der Waals surface area contributed by atoms with Gasteiger partial charge in [-0.15, -0.1) is 11.8 Å². The number of anilines is 1. The average Bonchev–Trinajstić information content (AvgIpc) is 3.00. The number of aliphatic carboxylic acids is 1. The molecule has 2 aliphatic rings. The first-order valence-electron chi connectivity index (χ1n) is 9.98. The lowest BCUT2D eigenvalue weighted by molar-refractivity contribution is -0.657. The number of amides is 2. The predicted octanol–water partition coefficient (Wildman–Crippen LogP) is -0.0387. The van der Waals surface area contributed by atoms with Crippen LogP contribution < -0.4 is 20.3 Å². The predicted molar refractivity (Wildman–Crippen MR) is 113 cm³/mol. The van der Waals surface area contributed by atoms with E-state index in [0.717, 1.165) is 11.4 Å². The lowest BCUT2D eigenvalue weighted by Gasteiger charge is -2.45. The number of carboxylic acids is 1. The van der Waals surface area contributed by atoms with E-state index >= 15 is 0 Å². The standard InChI is InChI=1S/C22H24N4O4S/c1-22(2)17(21(29)30)26-19(28)16(20(26)31-22)24-18(27)15(13-9-5-4-6-10-13)23-14-11-7-8-12-25(14)3/h4-12,15-17,20H,1-3H3,(H2,24,27,29,30)/t15?,16?,17-,20?/m0/s1. The molecule has 3 heterocycles. The van der Waals surface area contributed by atoms with Crippen LogP contribution in [-0.4, -0.2) is 44.9 Å². The summed E-state index contributed by atoms with van der Waals surface area (Å²) in [6.07, 6.45) is 1.87. The van der Waals surface area contributed by atoms with Crippen LogP contribution in [0.2, 0.25) is 0 Å². The van der Waals surface area contributed by atoms with Crippen LogP contribution in [0, 0.1) is 0 Å². The van der Waals surface area contributed by atoms with E-state index in [2.05, 4.69) is 10.6 Å². The minimum atomic E-state index is -1.28. The Hall–Kier alpha value is -3.07. The Labute approximate surface area is 184 Å². The third-order valence-corrected chi connectivity index (χ3v) is 7.28. The van der Waals surface area contributed by atoms with Crippen LogP contribution in [0.5, 0.6) is 0 Å². The second kappa shape index (κ2) is 7.88. The summed E-state index contributed by atoms with van der Waals surface area (Å²) in [5.74, 6) is -1.30. The topological polar surface area (TPSA) is 105 Å². The highest BCUT2D eigenvalue weighted by Crippen LogP contribution is 2.50. The van der Waals surface area contributed by atoms with E-state index in [1.165, 1.54) is 16.7 Å². The Morgan fingerprint density at radius 2 is 1.84 bits per heavy atom. The van der Waals surface area contributed by atoms with Crippen molar-refractivity contribution >= 4 is 35.4 Å². The summed E-state index contributed by atoms with van der Waals surface area (Å²) < 4.78 is 1.16. The minimum Gasteiger partial charge on any atom is -0.548 e. The van der Waals surface area contributed by atoms with Crippen LogP contribution in [0.1, 0.15) is 25.5 Å². The maximum Gasteiger partial charge on any atom is 0.275 e. The summed E-state index contributed by atoms with van der Waals surface area (Å²) in [6.45, 7) is 3.54. The fourth-order valence-corrected chi connectivity index (χ4v) is 5.75. The summed E-state index contributed by atoms with van der Waals surface area (Å²) >= 11 is 1.37. The van der Waals surface area contributed by atoms with Crippen molar-refractivity contribution in [2.75, 3.05) is 5.32 Å². The smallest absolute Gasteiger partial charge is 0.275 e. The van der Waals surface area contributed by atoms with Crippen molar-refractivity contribution in [3.05, 3.63) is 60.3 Å². The van der Waals surface area contributed by atoms with Gasteiger partial charge in [-0.25, -0.2) is 4.57 Å². The molecule has 4 rings (SSSR count). The van der Waals surface area contributed by atoms with Crippen LogP contribution in [0.25, 0.3) is 0 Å². The highest BCUT2D eigenvalue weighted by Gasteiger charge is 2.62. The SMILES string of the molecule is C[n+]1ccccc1NC(C(=O)NC1C(=O)N2C1SC(C)(C)[C@@H]2C(=O)[O-])c1ccccc1. The summed E-state index contributed by atoms with van der Waals surface area (Å²) in [7, 11) is 1.87. The second-order valence-corrected chi connectivity index (χ2v) is 10.0. The third kappa shape index (κ3) is 3.74. The normalized spacial score (nSPS) is 24.7. The quantitative estimate of drug-likeness (QED) is 0.483. The van der Waals surface area contributed by atoms with Gasteiger partial charge in [0, 0.05) is 16.4 Å². The fourth-order valence-electron chi connectivity index (χ4n) is 4.13. The van der Waals surface area contributed by atoms with Gasteiger partial charge in [0.15, 0.2) is 6.04 Å². The zero-order valence-corrected chi connectivity index (χ0v) is 18.3. The van der Waals surface area contributed by atoms with Crippen LogP contribution >= 0.6 is 11.8 Å². The molecule has 0 aliphatic carbocycles. The molecular formula is C22H24N4O4S. The number of thioether (sulfide) groups is 1. The lowest BCUT2D eigenvalue weighted by atomic mass is 9.95. The minimum absolute atomic E-state index is 0.358. The Morgan fingerprint density at radius 3 is 2.48 bits per heavy atom. The highest BCUT2D eigenvalue weighted by atomic mass is 32.2. The number of fused-ring (bicyclic) bond motifs is 1. The zero-order valence-electron chi connectivity index (χ0n) is 17.4. The summed E-state index contributed by atoms with van der Waals surface area (Å²) in [5, 5.41) is 17.2. The Morgan fingerprint density at radius 1 is 1.16 bits per heavy atom. The maximum atomic E-state index is 13.3. The number of β-lactam (4-membered cyclic amide) rings is 1. The number of hydrogen-bond acceptors (Lipinski definition) is 6. The number of pyridine rings is 1. The molecule has 0 radical (unpaired) electrons. The zero-order chi connectivity index (χ0) is 22.3. The molecule has 4 atom stereocenters. The van der Waals surface area contributed by atoms with Gasteiger partial charge in [0.05, 0.1) is 25.3 Å².